The average Bonchev–Trinajstić information content (AvgIpc) is 2.94. The van der Waals surface area contributed by atoms with Crippen molar-refractivity contribution in [3.05, 3.63) is 100 Å². The molecule has 4 rings (SSSR count). The number of carbonyl (C=O) groups excluding carboxylic acids is 2. The Bertz CT molecular complexity index is 1510. The van der Waals surface area contributed by atoms with Gasteiger partial charge >= 0.3 is 0 Å². The Labute approximate surface area is 229 Å². The normalized spacial score (nSPS) is 11.0. The number of unbranched alkanes of at least 4 members (excludes halogenated alkanes) is 2. The van der Waals surface area contributed by atoms with Crippen LogP contribution in [0, 0.1) is 0 Å². The molecular weight excluding hydrogens is 488 g/mol. The number of rotatable bonds is 11. The number of amides is 2. The van der Waals surface area contributed by atoms with Gasteiger partial charge < -0.3 is 20.5 Å². The molecule has 0 aliphatic rings. The molecule has 7 heteroatoms. The van der Waals surface area contributed by atoms with Crippen molar-refractivity contribution in [2.75, 3.05) is 23.0 Å². The van der Waals surface area contributed by atoms with Crippen molar-refractivity contribution >= 4 is 39.8 Å². The van der Waals surface area contributed by atoms with Crippen LogP contribution in [0.25, 0.3) is 10.9 Å². The maximum atomic E-state index is 13.2. The number of hydrogen-bond donors (Lipinski definition) is 3. The molecule has 0 aliphatic carbocycles. The number of nitrogens with one attached hydrogen (secondary N) is 3. The second-order valence-electron chi connectivity index (χ2n) is 9.97. The van der Waals surface area contributed by atoms with Crippen LogP contribution in [0.2, 0.25) is 0 Å². The van der Waals surface area contributed by atoms with Gasteiger partial charge in [0.25, 0.3) is 5.91 Å². The first-order valence-electron chi connectivity index (χ1n) is 13.5. The van der Waals surface area contributed by atoms with Gasteiger partial charge in [-0.2, -0.15) is 0 Å². The van der Waals surface area contributed by atoms with E-state index in [4.69, 9.17) is 0 Å². The fourth-order valence-corrected chi connectivity index (χ4v) is 4.61. The SMILES string of the molecule is CNc1ccccc1NC(=O)CCCCCn1cc(C(=O)Nc2ccc(C(C)C)cc2)c(=O)c2ccccc21. The lowest BCUT2D eigenvalue weighted by Gasteiger charge is -2.14. The largest absolute Gasteiger partial charge is 0.386 e. The number of nitrogens with zero attached hydrogens (tertiary/aromatic N) is 1. The number of pyridine rings is 1. The Morgan fingerprint density at radius 3 is 2.23 bits per heavy atom. The summed E-state index contributed by atoms with van der Waals surface area (Å²) >= 11 is 0. The molecule has 0 spiro atoms. The second-order valence-corrected chi connectivity index (χ2v) is 9.97. The molecule has 0 bridgehead atoms. The smallest absolute Gasteiger partial charge is 0.261 e. The Hall–Kier alpha value is -4.39. The fourth-order valence-electron chi connectivity index (χ4n) is 4.61. The van der Waals surface area contributed by atoms with Crippen LogP contribution in [0.5, 0.6) is 0 Å². The number of hydrogen-bond acceptors (Lipinski definition) is 4. The maximum absolute atomic E-state index is 13.2. The minimum atomic E-state index is -0.421. The third-order valence-corrected chi connectivity index (χ3v) is 6.84. The molecule has 0 atom stereocenters. The highest BCUT2D eigenvalue weighted by Crippen LogP contribution is 2.21. The Morgan fingerprint density at radius 2 is 1.51 bits per heavy atom. The quantitative estimate of drug-likeness (QED) is 0.192. The summed E-state index contributed by atoms with van der Waals surface area (Å²) in [5, 5.41) is 9.43. The molecule has 3 aromatic carbocycles. The first kappa shape index (κ1) is 27.6. The summed E-state index contributed by atoms with van der Waals surface area (Å²) < 4.78 is 1.97. The van der Waals surface area contributed by atoms with Crippen LogP contribution < -0.4 is 21.4 Å². The van der Waals surface area contributed by atoms with Crippen molar-refractivity contribution in [3.63, 3.8) is 0 Å². The lowest BCUT2D eigenvalue weighted by atomic mass is 10.0. The zero-order valence-electron chi connectivity index (χ0n) is 22.8. The van der Waals surface area contributed by atoms with Crippen molar-refractivity contribution in [3.8, 4) is 0 Å². The van der Waals surface area contributed by atoms with Gasteiger partial charge in [0.05, 0.1) is 16.9 Å². The van der Waals surface area contributed by atoms with E-state index in [9.17, 15) is 14.4 Å². The summed E-state index contributed by atoms with van der Waals surface area (Å²) in [6.45, 7) is 4.86. The van der Waals surface area contributed by atoms with Crippen molar-refractivity contribution in [2.45, 2.75) is 52.0 Å². The number of aromatic nitrogens is 1. The van der Waals surface area contributed by atoms with Crippen LogP contribution >= 0.6 is 0 Å². The van der Waals surface area contributed by atoms with Gasteiger partial charge in [-0.25, -0.2) is 0 Å². The van der Waals surface area contributed by atoms with Crippen molar-refractivity contribution in [1.82, 2.24) is 4.57 Å². The van der Waals surface area contributed by atoms with E-state index in [1.165, 1.54) is 5.56 Å². The molecule has 7 nitrogen and oxygen atoms in total. The molecule has 2 amide bonds. The lowest BCUT2D eigenvalue weighted by Crippen LogP contribution is -2.24. The summed E-state index contributed by atoms with van der Waals surface area (Å²) in [4.78, 5) is 38.7. The molecule has 3 N–H and O–H groups in total. The highest BCUT2D eigenvalue weighted by molar-refractivity contribution is 6.05. The van der Waals surface area contributed by atoms with Crippen LogP contribution in [0.15, 0.2) is 83.8 Å². The van der Waals surface area contributed by atoms with Crippen molar-refractivity contribution in [2.24, 2.45) is 0 Å². The van der Waals surface area contributed by atoms with Crippen LogP contribution in [0.1, 0.15) is 61.4 Å². The Morgan fingerprint density at radius 1 is 0.821 bits per heavy atom. The summed E-state index contributed by atoms with van der Waals surface area (Å²) in [7, 11) is 1.82. The van der Waals surface area contributed by atoms with Gasteiger partial charge in [0.2, 0.25) is 11.3 Å². The second kappa shape index (κ2) is 12.9. The van der Waals surface area contributed by atoms with Gasteiger partial charge in [-0.3, -0.25) is 14.4 Å². The molecule has 0 radical (unpaired) electrons. The molecule has 0 unspecified atom stereocenters. The van der Waals surface area contributed by atoms with Crippen LogP contribution in [-0.2, 0) is 11.3 Å². The standard InChI is InChI=1S/C32H36N4O3/c1-22(2)23-16-18-24(19-17-23)34-32(39)26-21-36(29-14-9-6-11-25(29)31(26)38)20-10-4-5-15-30(37)35-28-13-8-7-12-27(28)33-3/h6-9,11-14,16-19,21-22,33H,4-5,10,15,20H2,1-3H3,(H,34,39)(H,35,37). The third-order valence-electron chi connectivity index (χ3n) is 6.84. The zero-order valence-corrected chi connectivity index (χ0v) is 22.8. The van der Waals surface area contributed by atoms with E-state index in [-0.39, 0.29) is 16.9 Å². The summed E-state index contributed by atoms with van der Waals surface area (Å²) in [6.07, 6.45) is 4.47. The van der Waals surface area contributed by atoms with Crippen LogP contribution in [-0.4, -0.2) is 23.4 Å². The van der Waals surface area contributed by atoms with Gasteiger partial charge in [0, 0.05) is 37.3 Å². The Kier molecular flexibility index (Phi) is 9.15. The summed E-state index contributed by atoms with van der Waals surface area (Å²) in [6, 6.07) is 22.7. The summed E-state index contributed by atoms with van der Waals surface area (Å²) in [5.41, 5.74) is 4.11. The number of fused-ring (bicyclic) bond motifs is 1. The molecule has 4 aromatic rings. The van der Waals surface area contributed by atoms with Crippen LogP contribution in [0.3, 0.4) is 0 Å². The van der Waals surface area contributed by atoms with Gasteiger partial charge in [0.1, 0.15) is 5.56 Å². The van der Waals surface area contributed by atoms with E-state index < -0.39 is 5.91 Å². The highest BCUT2D eigenvalue weighted by Gasteiger charge is 2.16. The molecule has 0 aliphatic heterocycles. The predicted molar refractivity (Wildman–Crippen MR) is 160 cm³/mol. The van der Waals surface area contributed by atoms with Crippen molar-refractivity contribution in [1.29, 1.82) is 0 Å². The van der Waals surface area contributed by atoms with Gasteiger partial charge in [0.15, 0.2) is 0 Å². The molecule has 1 heterocycles. The topological polar surface area (TPSA) is 92.2 Å². The van der Waals surface area contributed by atoms with Gasteiger partial charge in [-0.05, 0) is 60.7 Å². The third kappa shape index (κ3) is 6.93. The molecule has 202 valence electrons. The van der Waals surface area contributed by atoms with E-state index >= 15 is 0 Å². The number of aryl methyl sites for hydroxylation is 1. The number of para-hydroxylation sites is 3. The molecule has 39 heavy (non-hydrogen) atoms. The first-order valence-corrected chi connectivity index (χ1v) is 13.5. The maximum Gasteiger partial charge on any atom is 0.261 e. The van der Waals surface area contributed by atoms with E-state index in [0.717, 1.165) is 36.2 Å². The monoisotopic (exact) mass is 524 g/mol. The molecule has 0 saturated carbocycles. The van der Waals surface area contributed by atoms with E-state index in [2.05, 4.69) is 29.8 Å². The Balaban J connectivity index is 1.40. The number of carbonyl (C=O) groups is 2. The highest BCUT2D eigenvalue weighted by atomic mass is 16.2. The predicted octanol–water partition coefficient (Wildman–Crippen LogP) is 6.62. The fraction of sp³-hybridized carbons (Fsp3) is 0.281. The van der Waals surface area contributed by atoms with Crippen molar-refractivity contribution < 1.29 is 9.59 Å². The summed E-state index contributed by atoms with van der Waals surface area (Å²) in [5.74, 6) is -0.0471. The van der Waals surface area contributed by atoms with E-state index in [1.54, 1.807) is 12.3 Å². The average molecular weight is 525 g/mol. The molecular formula is C32H36N4O3. The lowest BCUT2D eigenvalue weighted by molar-refractivity contribution is -0.116. The zero-order chi connectivity index (χ0) is 27.8. The number of benzene rings is 3. The van der Waals surface area contributed by atoms with Crippen LogP contribution in [0.4, 0.5) is 17.1 Å². The minimum Gasteiger partial charge on any atom is -0.386 e. The first-order chi connectivity index (χ1) is 18.9. The number of anilines is 3. The van der Waals surface area contributed by atoms with Gasteiger partial charge in [-0.15, -0.1) is 0 Å². The van der Waals surface area contributed by atoms with Gasteiger partial charge in [-0.1, -0.05) is 56.7 Å². The minimum absolute atomic E-state index is 0.0214. The van der Waals surface area contributed by atoms with E-state index in [1.807, 2.05) is 78.3 Å². The molecule has 0 fully saturated rings. The molecule has 1 aromatic heterocycles. The molecule has 0 saturated heterocycles. The van der Waals surface area contributed by atoms with E-state index in [0.29, 0.717) is 30.0 Å².